The lowest BCUT2D eigenvalue weighted by atomic mass is 10.1. The van der Waals surface area contributed by atoms with E-state index in [1.807, 2.05) is 7.05 Å². The summed E-state index contributed by atoms with van der Waals surface area (Å²) in [4.78, 5) is 14.1. The molecule has 2 heterocycles. The highest BCUT2D eigenvalue weighted by atomic mass is 19.1. The van der Waals surface area contributed by atoms with Gasteiger partial charge in [-0.1, -0.05) is 0 Å². The molecule has 168 valence electrons. The third-order valence-electron chi connectivity index (χ3n) is 4.84. The number of hydrogen-bond donors (Lipinski definition) is 2. The van der Waals surface area contributed by atoms with Crippen molar-refractivity contribution in [2.75, 3.05) is 7.05 Å². The minimum atomic E-state index is -0.476. The summed E-state index contributed by atoms with van der Waals surface area (Å²) in [5, 5.41) is 0. The van der Waals surface area contributed by atoms with Gasteiger partial charge >= 0.3 is 0 Å². The van der Waals surface area contributed by atoms with E-state index in [0.717, 1.165) is 11.1 Å². The van der Waals surface area contributed by atoms with Gasteiger partial charge in [-0.2, -0.15) is 0 Å². The van der Waals surface area contributed by atoms with Gasteiger partial charge in [0, 0.05) is 55.6 Å². The summed E-state index contributed by atoms with van der Waals surface area (Å²) in [6, 6.07) is 11.3. The Balaban J connectivity index is 1.47. The molecule has 0 aliphatic carbocycles. The van der Waals surface area contributed by atoms with Crippen molar-refractivity contribution in [3.63, 3.8) is 0 Å². The topological polar surface area (TPSA) is 112 Å². The molecule has 2 aromatic carbocycles. The van der Waals surface area contributed by atoms with Gasteiger partial charge in [0.1, 0.15) is 47.0 Å². The van der Waals surface area contributed by atoms with E-state index < -0.39 is 5.82 Å². The first-order valence-electron chi connectivity index (χ1n) is 10.1. The Labute approximate surface area is 190 Å². The molecular formula is C24H23FN6O2. The highest BCUT2D eigenvalue weighted by Crippen LogP contribution is 2.29. The van der Waals surface area contributed by atoms with Gasteiger partial charge in [0.25, 0.3) is 0 Å². The number of aromatic nitrogens is 2. The predicted molar refractivity (Wildman–Crippen MR) is 124 cm³/mol. The average molecular weight is 446 g/mol. The van der Waals surface area contributed by atoms with E-state index in [-0.39, 0.29) is 6.61 Å². The van der Waals surface area contributed by atoms with Crippen LogP contribution in [0.15, 0.2) is 77.9 Å². The molecule has 0 saturated carbocycles. The van der Waals surface area contributed by atoms with E-state index in [1.165, 1.54) is 12.1 Å². The first-order chi connectivity index (χ1) is 15.9. The molecule has 0 atom stereocenters. The minimum absolute atomic E-state index is 0.210. The Morgan fingerprint density at radius 1 is 1.03 bits per heavy atom. The Hall–Kier alpha value is -4.40. The van der Waals surface area contributed by atoms with E-state index >= 15 is 0 Å². The molecule has 1 aromatic heterocycles. The van der Waals surface area contributed by atoms with Gasteiger partial charge in [-0.3, -0.25) is 0 Å². The Morgan fingerprint density at radius 3 is 2.42 bits per heavy atom. The van der Waals surface area contributed by atoms with Gasteiger partial charge in [0.15, 0.2) is 0 Å². The number of benzene rings is 2. The molecule has 4 rings (SSSR count). The number of hydrogen-bond acceptors (Lipinski definition) is 8. The lowest BCUT2D eigenvalue weighted by Gasteiger charge is -2.23. The van der Waals surface area contributed by atoms with Crippen molar-refractivity contribution in [1.29, 1.82) is 0 Å². The van der Waals surface area contributed by atoms with E-state index in [1.54, 1.807) is 66.9 Å². The zero-order valence-electron chi connectivity index (χ0n) is 18.2. The number of rotatable bonds is 6. The number of amidine groups is 1. The maximum Gasteiger partial charge on any atom is 0.149 e. The van der Waals surface area contributed by atoms with E-state index in [9.17, 15) is 4.39 Å². The molecule has 1 aliphatic rings. The SMILES string of the molecule is Cc1ncc(COc2cc(F)cc(Oc3ccc(/C(N)=C4\C(N)=NC=CN4C)cc3)c2)cn1. The summed E-state index contributed by atoms with van der Waals surface area (Å²) >= 11 is 0. The van der Waals surface area contributed by atoms with E-state index in [4.69, 9.17) is 20.9 Å². The number of aryl methyl sites for hydroxylation is 1. The van der Waals surface area contributed by atoms with Crippen LogP contribution in [-0.2, 0) is 6.61 Å². The van der Waals surface area contributed by atoms with Gasteiger partial charge in [-0.25, -0.2) is 19.4 Å². The predicted octanol–water partition coefficient (Wildman–Crippen LogP) is 3.70. The molecular weight excluding hydrogens is 423 g/mol. The van der Waals surface area contributed by atoms with Gasteiger partial charge in [-0.15, -0.1) is 0 Å². The number of nitrogens with two attached hydrogens (primary N) is 2. The van der Waals surface area contributed by atoms with Crippen LogP contribution in [-0.4, -0.2) is 27.8 Å². The molecule has 0 fully saturated rings. The zero-order valence-corrected chi connectivity index (χ0v) is 18.2. The normalized spacial score (nSPS) is 14.6. The molecule has 1 aliphatic heterocycles. The third kappa shape index (κ3) is 5.27. The molecule has 3 aromatic rings. The fraction of sp³-hybridized carbons (Fsp3) is 0.125. The van der Waals surface area contributed by atoms with Gasteiger partial charge < -0.3 is 25.8 Å². The van der Waals surface area contributed by atoms with E-state index in [0.29, 0.717) is 40.3 Å². The highest BCUT2D eigenvalue weighted by Gasteiger charge is 2.16. The second-order valence-electron chi connectivity index (χ2n) is 7.36. The zero-order chi connectivity index (χ0) is 23.4. The largest absolute Gasteiger partial charge is 0.489 e. The highest BCUT2D eigenvalue weighted by molar-refractivity contribution is 6.03. The summed E-state index contributed by atoms with van der Waals surface area (Å²) < 4.78 is 25.6. The van der Waals surface area contributed by atoms with Crippen LogP contribution in [0.5, 0.6) is 17.2 Å². The van der Waals surface area contributed by atoms with Crippen LogP contribution < -0.4 is 20.9 Å². The number of nitrogens with zero attached hydrogens (tertiary/aromatic N) is 4. The molecule has 33 heavy (non-hydrogen) atoms. The van der Waals surface area contributed by atoms with Gasteiger partial charge in [-0.05, 0) is 36.8 Å². The summed E-state index contributed by atoms with van der Waals surface area (Å²) in [7, 11) is 1.84. The molecule has 0 spiro atoms. The molecule has 0 radical (unpaired) electrons. The van der Waals surface area contributed by atoms with Crippen molar-refractivity contribution in [3.8, 4) is 17.2 Å². The number of ether oxygens (including phenoxy) is 2. The Morgan fingerprint density at radius 2 is 1.73 bits per heavy atom. The van der Waals surface area contributed by atoms with Crippen molar-refractivity contribution in [2.45, 2.75) is 13.5 Å². The second kappa shape index (κ2) is 9.39. The third-order valence-corrected chi connectivity index (χ3v) is 4.84. The van der Waals surface area contributed by atoms with Crippen LogP contribution in [0.1, 0.15) is 17.0 Å². The summed E-state index contributed by atoms with van der Waals surface area (Å²) in [5.74, 6) is 1.68. The molecule has 0 saturated heterocycles. The second-order valence-corrected chi connectivity index (χ2v) is 7.36. The molecule has 0 unspecified atom stereocenters. The fourth-order valence-electron chi connectivity index (χ4n) is 3.17. The molecule has 0 amide bonds. The minimum Gasteiger partial charge on any atom is -0.489 e. The van der Waals surface area contributed by atoms with Crippen molar-refractivity contribution in [1.82, 2.24) is 14.9 Å². The van der Waals surface area contributed by atoms with Crippen LogP contribution in [0.25, 0.3) is 5.70 Å². The lowest BCUT2D eigenvalue weighted by molar-refractivity contribution is 0.301. The van der Waals surface area contributed by atoms with Crippen LogP contribution in [0, 0.1) is 12.7 Å². The van der Waals surface area contributed by atoms with Crippen molar-refractivity contribution in [3.05, 3.63) is 95.7 Å². The van der Waals surface area contributed by atoms with Crippen LogP contribution in [0.4, 0.5) is 4.39 Å². The van der Waals surface area contributed by atoms with Crippen molar-refractivity contribution >= 4 is 11.5 Å². The number of aliphatic imine (C=N–C) groups is 1. The lowest BCUT2D eigenvalue weighted by Crippen LogP contribution is -2.30. The summed E-state index contributed by atoms with van der Waals surface area (Å²) in [6.07, 6.45) is 6.71. The van der Waals surface area contributed by atoms with Gasteiger partial charge in [0.2, 0.25) is 0 Å². The first kappa shape index (κ1) is 21.8. The molecule has 8 nitrogen and oxygen atoms in total. The molecule has 4 N–H and O–H groups in total. The average Bonchev–Trinajstić information content (AvgIpc) is 2.79. The molecule has 0 bridgehead atoms. The van der Waals surface area contributed by atoms with E-state index in [2.05, 4.69) is 15.0 Å². The monoisotopic (exact) mass is 446 g/mol. The quantitative estimate of drug-likeness (QED) is 0.594. The number of halogens is 1. The number of likely N-dealkylation sites (N-methyl/N-ethyl adjacent to an activating group) is 1. The molecule has 9 heteroatoms. The van der Waals surface area contributed by atoms with Crippen molar-refractivity contribution < 1.29 is 13.9 Å². The maximum atomic E-state index is 14.1. The van der Waals surface area contributed by atoms with Gasteiger partial charge in [0.05, 0.1) is 5.70 Å². The fourth-order valence-corrected chi connectivity index (χ4v) is 3.17. The Kier molecular flexibility index (Phi) is 6.21. The summed E-state index contributed by atoms with van der Waals surface area (Å²) in [6.45, 7) is 2.01. The summed E-state index contributed by atoms with van der Waals surface area (Å²) in [5.41, 5.74) is 14.9. The maximum absolute atomic E-state index is 14.1. The van der Waals surface area contributed by atoms with Crippen molar-refractivity contribution in [2.24, 2.45) is 16.5 Å². The standard InChI is InChI=1S/C24H23FN6O2/c1-15-29-12-16(13-30-15)14-32-20-9-18(25)10-21(11-20)33-19-5-3-17(4-6-19)22(26)23-24(27)28-7-8-31(23)2/h3-13H,14,26H2,1-2H3,(H2,27,28)/b23-22-. The first-order valence-corrected chi connectivity index (χ1v) is 10.1. The Bertz CT molecular complexity index is 1240. The van der Waals surface area contributed by atoms with Crippen LogP contribution in [0.2, 0.25) is 0 Å². The smallest absolute Gasteiger partial charge is 0.149 e. The van der Waals surface area contributed by atoms with Crippen LogP contribution >= 0.6 is 0 Å². The van der Waals surface area contributed by atoms with Crippen LogP contribution in [0.3, 0.4) is 0 Å².